The fourth-order valence-corrected chi connectivity index (χ4v) is 3.28. The van der Waals surface area contributed by atoms with Gasteiger partial charge >= 0.3 is 0 Å². The van der Waals surface area contributed by atoms with Crippen molar-refractivity contribution in [3.63, 3.8) is 0 Å². The number of hydrogen-bond acceptors (Lipinski definition) is 5. The second kappa shape index (κ2) is 6.51. The minimum absolute atomic E-state index is 0.00357. The summed E-state index contributed by atoms with van der Waals surface area (Å²) in [5.41, 5.74) is 3.42. The monoisotopic (exact) mass is 336 g/mol. The zero-order chi connectivity index (χ0) is 17.2. The van der Waals surface area contributed by atoms with E-state index in [1.165, 1.54) is 12.0 Å². The molecule has 25 heavy (non-hydrogen) atoms. The molecule has 3 aromatic rings. The number of carbonyl (C=O) groups is 1. The fraction of sp³-hybridized carbons (Fsp3) is 0.333. The molecule has 0 unspecified atom stereocenters. The zero-order valence-electron chi connectivity index (χ0n) is 14.2. The molecule has 128 valence electrons. The van der Waals surface area contributed by atoms with Gasteiger partial charge in [0.1, 0.15) is 12.0 Å². The van der Waals surface area contributed by atoms with Crippen molar-refractivity contribution in [2.75, 3.05) is 31.1 Å². The van der Waals surface area contributed by atoms with E-state index in [1.807, 2.05) is 36.2 Å². The number of aryl methyl sites for hydroxylation is 1. The first kappa shape index (κ1) is 15.6. The van der Waals surface area contributed by atoms with Crippen LogP contribution in [-0.4, -0.2) is 56.6 Å². The number of pyridine rings is 2. The average molecular weight is 336 g/mol. The van der Waals surface area contributed by atoms with E-state index < -0.39 is 0 Å². The largest absolute Gasteiger partial charge is 0.370 e. The molecule has 0 aliphatic carbocycles. The van der Waals surface area contributed by atoms with Crippen LogP contribution in [0.15, 0.2) is 42.9 Å². The van der Waals surface area contributed by atoms with Crippen molar-refractivity contribution >= 4 is 17.2 Å². The normalized spacial score (nSPS) is 15.4. The summed E-state index contributed by atoms with van der Waals surface area (Å²) in [6, 6.07) is 9.62. The van der Waals surface area contributed by atoms with Crippen LogP contribution in [-0.2, 0) is 0 Å². The Bertz CT molecular complexity index is 905. The Morgan fingerprint density at radius 1 is 1.08 bits per heavy atom. The minimum atomic E-state index is 0.00357. The van der Waals surface area contributed by atoms with E-state index in [0.717, 1.165) is 31.7 Å². The maximum atomic E-state index is 13.0. The van der Waals surface area contributed by atoms with Gasteiger partial charge in [0.2, 0.25) is 0 Å². The summed E-state index contributed by atoms with van der Waals surface area (Å²) < 4.78 is 1.61. The summed E-state index contributed by atoms with van der Waals surface area (Å²) in [7, 11) is 0. The lowest BCUT2D eigenvalue weighted by molar-refractivity contribution is 0.0758. The highest BCUT2D eigenvalue weighted by Gasteiger charge is 2.22. The number of carbonyl (C=O) groups excluding carboxylic acids is 1. The molecule has 7 heteroatoms. The van der Waals surface area contributed by atoms with Gasteiger partial charge in [0.05, 0.1) is 0 Å². The third-order valence-corrected chi connectivity index (χ3v) is 4.55. The highest BCUT2D eigenvalue weighted by atomic mass is 16.2. The van der Waals surface area contributed by atoms with Gasteiger partial charge in [-0.2, -0.15) is 5.10 Å². The van der Waals surface area contributed by atoms with E-state index in [1.54, 1.807) is 10.6 Å². The maximum Gasteiger partial charge on any atom is 0.272 e. The van der Waals surface area contributed by atoms with E-state index in [0.29, 0.717) is 17.9 Å². The number of amides is 1. The number of fused-ring (bicyclic) bond motifs is 1. The van der Waals surface area contributed by atoms with Crippen LogP contribution < -0.4 is 4.90 Å². The van der Waals surface area contributed by atoms with Crippen molar-refractivity contribution in [3.8, 4) is 0 Å². The quantitative estimate of drug-likeness (QED) is 0.714. The van der Waals surface area contributed by atoms with Gasteiger partial charge < -0.3 is 9.80 Å². The molecule has 0 spiro atoms. The summed E-state index contributed by atoms with van der Waals surface area (Å²) in [5.74, 6) is 0.00357. The number of anilines is 1. The Kier molecular flexibility index (Phi) is 4.05. The summed E-state index contributed by atoms with van der Waals surface area (Å²) in [6.45, 7) is 5.16. The second-order valence-electron chi connectivity index (χ2n) is 6.23. The van der Waals surface area contributed by atoms with Crippen molar-refractivity contribution < 1.29 is 4.79 Å². The average Bonchev–Trinajstić information content (AvgIpc) is 2.97. The third kappa shape index (κ3) is 3.05. The fourth-order valence-electron chi connectivity index (χ4n) is 3.28. The van der Waals surface area contributed by atoms with Gasteiger partial charge in [-0.1, -0.05) is 6.07 Å². The SMILES string of the molecule is Cc1cc(N2CCCN(C(=O)c3cccc4ncnn34)CC2)ccn1. The lowest BCUT2D eigenvalue weighted by atomic mass is 10.3. The molecule has 1 amide bonds. The third-order valence-electron chi connectivity index (χ3n) is 4.55. The summed E-state index contributed by atoms with van der Waals surface area (Å²) >= 11 is 0. The molecule has 4 heterocycles. The number of nitrogens with zero attached hydrogens (tertiary/aromatic N) is 6. The lowest BCUT2D eigenvalue weighted by Gasteiger charge is -2.24. The molecular weight excluding hydrogens is 316 g/mol. The topological polar surface area (TPSA) is 66.6 Å². The Morgan fingerprint density at radius 3 is 2.88 bits per heavy atom. The van der Waals surface area contributed by atoms with Crippen molar-refractivity contribution in [1.29, 1.82) is 0 Å². The van der Waals surface area contributed by atoms with Gasteiger partial charge in [0, 0.05) is 43.8 Å². The second-order valence-corrected chi connectivity index (χ2v) is 6.23. The molecular formula is C18H20N6O. The van der Waals surface area contributed by atoms with Gasteiger partial charge in [-0.15, -0.1) is 0 Å². The van der Waals surface area contributed by atoms with E-state index in [4.69, 9.17) is 0 Å². The summed E-state index contributed by atoms with van der Waals surface area (Å²) in [6.07, 6.45) is 4.24. The molecule has 0 radical (unpaired) electrons. The van der Waals surface area contributed by atoms with E-state index >= 15 is 0 Å². The molecule has 1 aliphatic rings. The Labute approximate surface area is 145 Å². The van der Waals surface area contributed by atoms with Gasteiger partial charge in [0.25, 0.3) is 5.91 Å². The minimum Gasteiger partial charge on any atom is -0.370 e. The van der Waals surface area contributed by atoms with Gasteiger partial charge in [-0.05, 0) is 37.6 Å². The number of hydrogen-bond donors (Lipinski definition) is 0. The van der Waals surface area contributed by atoms with Crippen molar-refractivity contribution in [3.05, 3.63) is 54.2 Å². The first-order valence-corrected chi connectivity index (χ1v) is 8.48. The highest BCUT2D eigenvalue weighted by molar-refractivity contribution is 5.93. The number of rotatable bonds is 2. The Morgan fingerprint density at radius 2 is 2.00 bits per heavy atom. The molecule has 3 aromatic heterocycles. The van der Waals surface area contributed by atoms with Crippen LogP contribution in [0.25, 0.3) is 5.65 Å². The van der Waals surface area contributed by atoms with E-state index in [9.17, 15) is 4.79 Å². The van der Waals surface area contributed by atoms with Crippen LogP contribution in [0.1, 0.15) is 22.6 Å². The molecule has 0 N–H and O–H groups in total. The molecule has 1 fully saturated rings. The van der Waals surface area contributed by atoms with Crippen LogP contribution in [0.3, 0.4) is 0 Å². The molecule has 0 aromatic carbocycles. The van der Waals surface area contributed by atoms with Crippen molar-refractivity contribution in [2.45, 2.75) is 13.3 Å². The van der Waals surface area contributed by atoms with Crippen LogP contribution in [0.2, 0.25) is 0 Å². The number of aromatic nitrogens is 4. The van der Waals surface area contributed by atoms with Gasteiger partial charge in [-0.25, -0.2) is 9.50 Å². The summed E-state index contributed by atoms with van der Waals surface area (Å²) in [4.78, 5) is 25.6. The summed E-state index contributed by atoms with van der Waals surface area (Å²) in [5, 5.41) is 4.17. The van der Waals surface area contributed by atoms with Crippen LogP contribution in [0.5, 0.6) is 0 Å². The zero-order valence-corrected chi connectivity index (χ0v) is 14.2. The predicted octanol–water partition coefficient (Wildman–Crippen LogP) is 1.79. The predicted molar refractivity (Wildman–Crippen MR) is 94.7 cm³/mol. The highest BCUT2D eigenvalue weighted by Crippen LogP contribution is 2.18. The molecule has 0 atom stereocenters. The Balaban J connectivity index is 1.53. The van der Waals surface area contributed by atoms with Gasteiger partial charge in [0.15, 0.2) is 5.65 Å². The first-order chi connectivity index (χ1) is 12.2. The van der Waals surface area contributed by atoms with E-state index in [2.05, 4.69) is 26.0 Å². The molecule has 7 nitrogen and oxygen atoms in total. The maximum absolute atomic E-state index is 13.0. The van der Waals surface area contributed by atoms with E-state index in [-0.39, 0.29) is 5.91 Å². The standard InChI is InChI=1S/C18H20N6O/c1-14-12-15(6-7-19-14)22-8-3-9-23(11-10-22)18(25)16-4-2-5-17-20-13-21-24(16)17/h2,4-7,12-13H,3,8-11H2,1H3. The van der Waals surface area contributed by atoms with Gasteiger partial charge in [-0.3, -0.25) is 9.78 Å². The lowest BCUT2D eigenvalue weighted by Crippen LogP contribution is -2.36. The molecule has 0 saturated carbocycles. The van der Waals surface area contributed by atoms with Crippen LogP contribution in [0.4, 0.5) is 5.69 Å². The molecule has 1 saturated heterocycles. The molecule has 1 aliphatic heterocycles. The van der Waals surface area contributed by atoms with Crippen molar-refractivity contribution in [2.24, 2.45) is 0 Å². The van der Waals surface area contributed by atoms with Crippen LogP contribution >= 0.6 is 0 Å². The van der Waals surface area contributed by atoms with Crippen LogP contribution in [0, 0.1) is 6.92 Å². The molecule has 4 rings (SSSR count). The Hall–Kier alpha value is -2.96. The smallest absolute Gasteiger partial charge is 0.272 e. The molecule has 0 bridgehead atoms. The van der Waals surface area contributed by atoms with Crippen molar-refractivity contribution in [1.82, 2.24) is 24.5 Å². The first-order valence-electron chi connectivity index (χ1n) is 8.48.